The van der Waals surface area contributed by atoms with Crippen LogP contribution in [-0.4, -0.2) is 26.0 Å². The standard InChI is InChI=1S/C25H23F4IN4O5S/c1-25(2,3)39-24(36)34-40(37,38)33-18-6-4-5-12(19(18)27)9-13-10-15(23(31)35)22(21(29)20(13)28)32-17-8-7-14(30)11-16(17)26/h4-8,10-11,32-33H,9H2,1-3H3,(H2,31,35)(H,34,36). The molecule has 0 aliphatic carbocycles. The number of hydrogen-bond donors (Lipinski definition) is 4. The molecule has 0 aromatic heterocycles. The molecule has 5 N–H and O–H groups in total. The molecule has 0 saturated carbocycles. The van der Waals surface area contributed by atoms with Crippen LogP contribution in [0, 0.1) is 26.8 Å². The van der Waals surface area contributed by atoms with Gasteiger partial charge in [0.1, 0.15) is 11.4 Å². The van der Waals surface area contributed by atoms with Crippen molar-refractivity contribution in [3.63, 3.8) is 0 Å². The first-order chi connectivity index (χ1) is 18.5. The largest absolute Gasteiger partial charge is 0.443 e. The van der Waals surface area contributed by atoms with E-state index in [0.29, 0.717) is 3.57 Å². The van der Waals surface area contributed by atoms with Gasteiger partial charge in [-0.25, -0.2) is 27.1 Å². The minimum absolute atomic E-state index is 0.250. The monoisotopic (exact) mass is 694 g/mol. The van der Waals surface area contributed by atoms with E-state index in [-0.39, 0.29) is 11.3 Å². The van der Waals surface area contributed by atoms with E-state index in [1.807, 2.05) is 27.3 Å². The zero-order valence-corrected chi connectivity index (χ0v) is 24.1. The first-order valence-electron chi connectivity index (χ1n) is 11.3. The lowest BCUT2D eigenvalue weighted by Gasteiger charge is -2.20. The lowest BCUT2D eigenvalue weighted by molar-refractivity contribution is 0.0570. The van der Waals surface area contributed by atoms with Gasteiger partial charge >= 0.3 is 16.3 Å². The molecule has 0 unspecified atom stereocenters. The number of hydrogen-bond acceptors (Lipinski definition) is 6. The molecular weight excluding hydrogens is 671 g/mol. The Bertz CT molecular complexity index is 1600. The molecule has 214 valence electrons. The molecule has 40 heavy (non-hydrogen) atoms. The minimum atomic E-state index is -4.64. The van der Waals surface area contributed by atoms with Crippen LogP contribution in [0.5, 0.6) is 0 Å². The van der Waals surface area contributed by atoms with Gasteiger partial charge in [-0.05, 0) is 84.8 Å². The maximum absolute atomic E-state index is 15.2. The average molecular weight is 694 g/mol. The van der Waals surface area contributed by atoms with Crippen molar-refractivity contribution in [3.8, 4) is 0 Å². The van der Waals surface area contributed by atoms with Gasteiger partial charge in [-0.3, -0.25) is 9.52 Å². The van der Waals surface area contributed by atoms with Gasteiger partial charge in [-0.15, -0.1) is 0 Å². The predicted molar refractivity (Wildman–Crippen MR) is 148 cm³/mol. The highest BCUT2D eigenvalue weighted by molar-refractivity contribution is 14.1. The number of ether oxygens (including phenoxy) is 1. The van der Waals surface area contributed by atoms with Crippen LogP contribution < -0.4 is 20.5 Å². The Morgan fingerprint density at radius 3 is 2.23 bits per heavy atom. The fourth-order valence-corrected chi connectivity index (χ4v) is 4.64. The van der Waals surface area contributed by atoms with Gasteiger partial charge in [0.15, 0.2) is 17.5 Å². The highest BCUT2D eigenvalue weighted by Gasteiger charge is 2.25. The molecule has 0 fully saturated rings. The SMILES string of the molecule is CC(C)(C)OC(=O)NS(=O)(=O)Nc1cccc(Cc2cc(C(N)=O)c(Nc3ccc(I)cc3F)c(F)c2F)c1F. The number of anilines is 3. The van der Waals surface area contributed by atoms with E-state index in [0.717, 1.165) is 18.2 Å². The van der Waals surface area contributed by atoms with Crippen LogP contribution in [0.4, 0.5) is 39.4 Å². The molecule has 9 nitrogen and oxygen atoms in total. The molecule has 0 spiro atoms. The molecule has 0 aliphatic heterocycles. The van der Waals surface area contributed by atoms with E-state index in [4.69, 9.17) is 10.5 Å². The molecule has 0 heterocycles. The second-order valence-corrected chi connectivity index (χ2v) is 12.0. The molecule has 0 saturated heterocycles. The number of halogens is 5. The first-order valence-corrected chi connectivity index (χ1v) is 13.9. The summed E-state index contributed by atoms with van der Waals surface area (Å²) < 4.78 is 93.0. The fourth-order valence-electron chi connectivity index (χ4n) is 3.43. The Labute approximate surface area is 240 Å². The lowest BCUT2D eigenvalue weighted by atomic mass is 9.99. The maximum atomic E-state index is 15.2. The predicted octanol–water partition coefficient (Wildman–Crippen LogP) is 5.46. The number of carbonyl (C=O) groups is 2. The second-order valence-electron chi connectivity index (χ2n) is 9.36. The quantitative estimate of drug-likeness (QED) is 0.183. The van der Waals surface area contributed by atoms with Gasteiger partial charge in [-0.2, -0.15) is 8.42 Å². The smallest absolute Gasteiger partial charge is 0.422 e. The van der Waals surface area contributed by atoms with Gasteiger partial charge in [0.2, 0.25) is 0 Å². The third-order valence-electron chi connectivity index (χ3n) is 5.06. The van der Waals surface area contributed by atoms with Crippen LogP contribution >= 0.6 is 22.6 Å². The zero-order valence-electron chi connectivity index (χ0n) is 21.2. The summed E-state index contributed by atoms with van der Waals surface area (Å²) in [7, 11) is -4.64. The molecule has 15 heteroatoms. The van der Waals surface area contributed by atoms with Crippen molar-refractivity contribution < 1.29 is 40.3 Å². The van der Waals surface area contributed by atoms with Crippen LogP contribution in [-0.2, 0) is 21.4 Å². The van der Waals surface area contributed by atoms with Gasteiger partial charge in [-0.1, -0.05) is 12.1 Å². The minimum Gasteiger partial charge on any atom is -0.443 e. The third kappa shape index (κ3) is 7.74. The zero-order chi connectivity index (χ0) is 30.0. The number of amides is 2. The van der Waals surface area contributed by atoms with Gasteiger partial charge < -0.3 is 15.8 Å². The van der Waals surface area contributed by atoms with Crippen molar-refractivity contribution in [1.82, 2.24) is 4.72 Å². The van der Waals surface area contributed by atoms with Crippen LogP contribution in [0.25, 0.3) is 0 Å². The highest BCUT2D eigenvalue weighted by Crippen LogP contribution is 2.32. The van der Waals surface area contributed by atoms with Crippen molar-refractivity contribution in [2.45, 2.75) is 32.8 Å². The number of primary amides is 1. The Kier molecular flexibility index (Phi) is 9.18. The topological polar surface area (TPSA) is 140 Å². The lowest BCUT2D eigenvalue weighted by Crippen LogP contribution is -2.39. The number of carbonyl (C=O) groups excluding carboxylic acids is 2. The number of rotatable bonds is 8. The van der Waals surface area contributed by atoms with E-state index in [1.54, 1.807) is 4.72 Å². The van der Waals surface area contributed by atoms with Gasteiger partial charge in [0, 0.05) is 9.99 Å². The third-order valence-corrected chi connectivity index (χ3v) is 6.65. The van der Waals surface area contributed by atoms with Crippen molar-refractivity contribution in [3.05, 3.63) is 86.0 Å². The van der Waals surface area contributed by atoms with E-state index in [2.05, 4.69) is 5.32 Å². The molecule has 0 aliphatic rings. The summed E-state index contributed by atoms with van der Waals surface area (Å²) in [6.07, 6.45) is -1.95. The highest BCUT2D eigenvalue weighted by atomic mass is 127. The fraction of sp³-hybridized carbons (Fsp3) is 0.200. The number of nitrogens with one attached hydrogen (secondary N) is 3. The van der Waals surface area contributed by atoms with Crippen molar-refractivity contribution in [1.29, 1.82) is 0 Å². The molecule has 3 rings (SSSR count). The Morgan fingerprint density at radius 2 is 1.62 bits per heavy atom. The Hall–Kier alpha value is -3.60. The van der Waals surface area contributed by atoms with E-state index in [1.165, 1.54) is 45.0 Å². The van der Waals surface area contributed by atoms with Gasteiger partial charge in [0.05, 0.1) is 22.6 Å². The average Bonchev–Trinajstić information content (AvgIpc) is 2.80. The van der Waals surface area contributed by atoms with Crippen molar-refractivity contribution in [2.75, 3.05) is 10.0 Å². The van der Waals surface area contributed by atoms with Crippen LogP contribution in [0.1, 0.15) is 42.3 Å². The Balaban J connectivity index is 1.93. The first kappa shape index (κ1) is 30.9. The summed E-state index contributed by atoms with van der Waals surface area (Å²) >= 11 is 1.85. The second kappa shape index (κ2) is 11.9. The molecule has 0 bridgehead atoms. The van der Waals surface area contributed by atoms with Crippen molar-refractivity contribution >= 4 is 61.9 Å². The molecule has 0 radical (unpaired) electrons. The molecule has 2 amide bonds. The van der Waals surface area contributed by atoms with Crippen LogP contribution in [0.3, 0.4) is 0 Å². The van der Waals surface area contributed by atoms with Crippen LogP contribution in [0.2, 0.25) is 0 Å². The Morgan fingerprint density at radius 1 is 0.950 bits per heavy atom. The van der Waals surface area contributed by atoms with Crippen LogP contribution in [0.15, 0.2) is 42.5 Å². The number of nitrogens with two attached hydrogens (primary N) is 1. The molecular formula is C25H23F4IN4O5S. The summed E-state index contributed by atoms with van der Waals surface area (Å²) in [5.74, 6) is -6.18. The van der Waals surface area contributed by atoms with E-state index < -0.39 is 80.0 Å². The molecule has 0 atom stereocenters. The maximum Gasteiger partial charge on any atom is 0.422 e. The van der Waals surface area contributed by atoms with Crippen molar-refractivity contribution in [2.24, 2.45) is 5.73 Å². The van der Waals surface area contributed by atoms with Gasteiger partial charge in [0.25, 0.3) is 5.91 Å². The molecule has 3 aromatic carbocycles. The summed E-state index contributed by atoms with van der Waals surface area (Å²) in [6, 6.07) is 8.18. The number of benzene rings is 3. The normalized spacial score (nSPS) is 11.6. The summed E-state index contributed by atoms with van der Waals surface area (Å²) in [6.45, 7) is 4.51. The molecule has 3 aromatic rings. The van der Waals surface area contributed by atoms with E-state index in [9.17, 15) is 22.4 Å². The summed E-state index contributed by atoms with van der Waals surface area (Å²) in [5.41, 5.74) is 1.44. The van der Waals surface area contributed by atoms with E-state index >= 15 is 13.2 Å². The summed E-state index contributed by atoms with van der Waals surface area (Å²) in [4.78, 5) is 23.9. The summed E-state index contributed by atoms with van der Waals surface area (Å²) in [5, 5.41) is 2.34.